The van der Waals surface area contributed by atoms with E-state index in [1.807, 2.05) is 13.8 Å². The Labute approximate surface area is 94.4 Å². The Morgan fingerprint density at radius 3 is 2.73 bits per heavy atom. The van der Waals surface area contributed by atoms with Crippen LogP contribution in [0.2, 0.25) is 5.02 Å². The van der Waals surface area contributed by atoms with E-state index >= 15 is 0 Å². The number of nitrogens with two attached hydrogens (primary N) is 1. The molecule has 0 bridgehead atoms. The SMILES string of the molecule is CCCC(F)(CN)c1c(Cl)cnn1CC. The van der Waals surface area contributed by atoms with E-state index in [9.17, 15) is 4.39 Å². The second-order valence-corrected chi connectivity index (χ2v) is 3.98. The number of rotatable bonds is 5. The smallest absolute Gasteiger partial charge is 0.165 e. The van der Waals surface area contributed by atoms with Gasteiger partial charge in [-0.05, 0) is 13.3 Å². The molecule has 1 rings (SSSR count). The standard InChI is InChI=1S/C10H17ClFN3/c1-3-5-10(12,7-13)9-8(11)6-14-15(9)4-2/h6H,3-5,7,13H2,1-2H3. The van der Waals surface area contributed by atoms with Crippen LogP contribution in [0.5, 0.6) is 0 Å². The van der Waals surface area contributed by atoms with Crippen molar-refractivity contribution in [2.75, 3.05) is 6.54 Å². The Balaban J connectivity index is 3.15. The summed E-state index contributed by atoms with van der Waals surface area (Å²) in [6.45, 7) is 4.35. The number of nitrogens with zero attached hydrogens (tertiary/aromatic N) is 2. The summed E-state index contributed by atoms with van der Waals surface area (Å²) < 4.78 is 16.1. The number of hydrogen-bond acceptors (Lipinski definition) is 2. The molecule has 0 amide bonds. The lowest BCUT2D eigenvalue weighted by Gasteiger charge is -2.24. The van der Waals surface area contributed by atoms with Gasteiger partial charge in [0.2, 0.25) is 0 Å². The molecule has 5 heteroatoms. The van der Waals surface area contributed by atoms with E-state index in [-0.39, 0.29) is 6.54 Å². The Kier molecular flexibility index (Phi) is 4.11. The van der Waals surface area contributed by atoms with Crippen molar-refractivity contribution in [3.05, 3.63) is 16.9 Å². The largest absolute Gasteiger partial charge is 0.327 e. The minimum atomic E-state index is -1.56. The van der Waals surface area contributed by atoms with E-state index < -0.39 is 5.67 Å². The molecule has 0 saturated heterocycles. The van der Waals surface area contributed by atoms with Gasteiger partial charge in [-0.3, -0.25) is 4.68 Å². The number of aryl methyl sites for hydroxylation is 1. The van der Waals surface area contributed by atoms with Gasteiger partial charge in [-0.1, -0.05) is 24.9 Å². The molecule has 0 aromatic carbocycles. The lowest BCUT2D eigenvalue weighted by atomic mass is 9.96. The van der Waals surface area contributed by atoms with Crippen LogP contribution < -0.4 is 5.73 Å². The van der Waals surface area contributed by atoms with Crippen molar-refractivity contribution in [2.24, 2.45) is 5.73 Å². The molecule has 1 atom stereocenters. The predicted octanol–water partition coefficient (Wildman–Crippen LogP) is 2.48. The third-order valence-electron chi connectivity index (χ3n) is 2.49. The van der Waals surface area contributed by atoms with Crippen LogP contribution in [0.15, 0.2) is 6.20 Å². The summed E-state index contributed by atoms with van der Waals surface area (Å²) >= 11 is 5.94. The molecular formula is C10H17ClFN3. The Hall–Kier alpha value is -0.610. The average molecular weight is 234 g/mol. The molecule has 15 heavy (non-hydrogen) atoms. The van der Waals surface area contributed by atoms with E-state index in [1.54, 1.807) is 4.68 Å². The highest BCUT2D eigenvalue weighted by molar-refractivity contribution is 6.31. The molecule has 1 heterocycles. The maximum absolute atomic E-state index is 14.5. The zero-order chi connectivity index (χ0) is 11.5. The van der Waals surface area contributed by atoms with Crippen molar-refractivity contribution in [3.63, 3.8) is 0 Å². The van der Waals surface area contributed by atoms with Gasteiger partial charge in [-0.2, -0.15) is 5.10 Å². The summed E-state index contributed by atoms with van der Waals surface area (Å²) in [7, 11) is 0. The maximum Gasteiger partial charge on any atom is 0.165 e. The van der Waals surface area contributed by atoms with Gasteiger partial charge in [0.25, 0.3) is 0 Å². The highest BCUT2D eigenvalue weighted by atomic mass is 35.5. The van der Waals surface area contributed by atoms with Crippen LogP contribution in [-0.2, 0) is 12.2 Å². The molecule has 0 aliphatic carbocycles. The van der Waals surface area contributed by atoms with Crippen molar-refractivity contribution in [1.82, 2.24) is 9.78 Å². The van der Waals surface area contributed by atoms with Crippen molar-refractivity contribution < 1.29 is 4.39 Å². The Bertz CT molecular complexity index is 326. The first-order valence-corrected chi connectivity index (χ1v) is 5.57. The number of alkyl halides is 1. The minimum absolute atomic E-state index is 0.0632. The summed E-state index contributed by atoms with van der Waals surface area (Å²) in [6.07, 6.45) is 2.56. The van der Waals surface area contributed by atoms with Crippen molar-refractivity contribution in [3.8, 4) is 0 Å². The van der Waals surface area contributed by atoms with Crippen LogP contribution in [0.3, 0.4) is 0 Å². The van der Waals surface area contributed by atoms with Gasteiger partial charge in [0.15, 0.2) is 5.67 Å². The van der Waals surface area contributed by atoms with Crippen LogP contribution in [0.4, 0.5) is 4.39 Å². The number of hydrogen-bond donors (Lipinski definition) is 1. The third kappa shape index (κ3) is 2.32. The van der Waals surface area contributed by atoms with Gasteiger partial charge in [0.1, 0.15) is 0 Å². The van der Waals surface area contributed by atoms with Gasteiger partial charge >= 0.3 is 0 Å². The van der Waals surface area contributed by atoms with Gasteiger partial charge in [-0.15, -0.1) is 0 Å². The Morgan fingerprint density at radius 1 is 1.60 bits per heavy atom. The van der Waals surface area contributed by atoms with Crippen molar-refractivity contribution >= 4 is 11.6 Å². The molecule has 2 N–H and O–H groups in total. The third-order valence-corrected chi connectivity index (χ3v) is 2.77. The van der Waals surface area contributed by atoms with Crippen LogP contribution >= 0.6 is 11.6 Å². The zero-order valence-electron chi connectivity index (χ0n) is 9.13. The second-order valence-electron chi connectivity index (χ2n) is 3.58. The van der Waals surface area contributed by atoms with E-state index in [1.165, 1.54) is 6.20 Å². The zero-order valence-corrected chi connectivity index (χ0v) is 9.89. The van der Waals surface area contributed by atoms with Gasteiger partial charge in [-0.25, -0.2) is 4.39 Å². The molecular weight excluding hydrogens is 217 g/mol. The van der Waals surface area contributed by atoms with E-state index in [4.69, 9.17) is 17.3 Å². The normalized spacial score (nSPS) is 15.3. The van der Waals surface area contributed by atoms with E-state index in [0.29, 0.717) is 23.7 Å². The summed E-state index contributed by atoms with van der Waals surface area (Å²) in [5.41, 5.74) is 4.36. The summed E-state index contributed by atoms with van der Waals surface area (Å²) in [6, 6.07) is 0. The molecule has 1 unspecified atom stereocenters. The van der Waals surface area contributed by atoms with E-state index in [0.717, 1.165) is 6.42 Å². The number of aromatic nitrogens is 2. The minimum Gasteiger partial charge on any atom is -0.327 e. The topological polar surface area (TPSA) is 43.8 Å². The molecule has 0 fully saturated rings. The molecule has 0 aliphatic rings. The van der Waals surface area contributed by atoms with Crippen molar-refractivity contribution in [1.29, 1.82) is 0 Å². The quantitative estimate of drug-likeness (QED) is 0.849. The first-order chi connectivity index (χ1) is 7.09. The fraction of sp³-hybridized carbons (Fsp3) is 0.700. The highest BCUT2D eigenvalue weighted by Gasteiger charge is 2.35. The average Bonchev–Trinajstić information content (AvgIpc) is 2.60. The van der Waals surface area contributed by atoms with Crippen LogP contribution in [0.1, 0.15) is 32.4 Å². The van der Waals surface area contributed by atoms with Crippen molar-refractivity contribution in [2.45, 2.75) is 38.9 Å². The molecule has 0 spiro atoms. The summed E-state index contributed by atoms with van der Waals surface area (Å²) in [5, 5.41) is 4.38. The first kappa shape index (κ1) is 12.5. The molecule has 1 aromatic rings. The van der Waals surface area contributed by atoms with Gasteiger partial charge < -0.3 is 5.73 Å². The maximum atomic E-state index is 14.5. The fourth-order valence-electron chi connectivity index (χ4n) is 1.76. The molecule has 0 aliphatic heterocycles. The molecule has 86 valence electrons. The molecule has 3 nitrogen and oxygen atoms in total. The van der Waals surface area contributed by atoms with Gasteiger partial charge in [0, 0.05) is 13.1 Å². The second kappa shape index (κ2) is 4.94. The predicted molar refractivity (Wildman–Crippen MR) is 59.7 cm³/mol. The van der Waals surface area contributed by atoms with Gasteiger partial charge in [0.05, 0.1) is 16.9 Å². The number of halogens is 2. The molecule has 1 aromatic heterocycles. The molecule has 0 radical (unpaired) electrons. The first-order valence-electron chi connectivity index (χ1n) is 5.19. The molecule has 0 saturated carbocycles. The lowest BCUT2D eigenvalue weighted by molar-refractivity contribution is 0.145. The van der Waals surface area contributed by atoms with Crippen LogP contribution in [-0.4, -0.2) is 16.3 Å². The summed E-state index contributed by atoms with van der Waals surface area (Å²) in [4.78, 5) is 0. The monoisotopic (exact) mass is 233 g/mol. The Morgan fingerprint density at radius 2 is 2.27 bits per heavy atom. The van der Waals surface area contributed by atoms with E-state index in [2.05, 4.69) is 5.10 Å². The highest BCUT2D eigenvalue weighted by Crippen LogP contribution is 2.34. The van der Waals surface area contributed by atoms with Crippen LogP contribution in [0.25, 0.3) is 0 Å². The lowest BCUT2D eigenvalue weighted by Crippen LogP contribution is -2.33. The van der Waals surface area contributed by atoms with Crippen LogP contribution in [0, 0.1) is 0 Å². The fourth-order valence-corrected chi connectivity index (χ4v) is 2.07. The summed E-state index contributed by atoms with van der Waals surface area (Å²) in [5.74, 6) is 0.